The molecule has 1 aromatic rings. The number of ether oxygens (including phenoxy) is 1. The highest BCUT2D eigenvalue weighted by Crippen LogP contribution is 2.08. The molecule has 1 aliphatic heterocycles. The van der Waals surface area contributed by atoms with Crippen molar-refractivity contribution in [2.24, 2.45) is 0 Å². The summed E-state index contributed by atoms with van der Waals surface area (Å²) in [5.41, 5.74) is 0. The number of rotatable bonds is 4. The highest BCUT2D eigenvalue weighted by Gasteiger charge is 2.21. The van der Waals surface area contributed by atoms with E-state index < -0.39 is 0 Å². The van der Waals surface area contributed by atoms with Crippen molar-refractivity contribution < 1.29 is 14.3 Å². The van der Waals surface area contributed by atoms with Crippen molar-refractivity contribution in [2.45, 2.75) is 13.3 Å². The summed E-state index contributed by atoms with van der Waals surface area (Å²) in [7, 11) is 0. The molecule has 1 aliphatic rings. The Morgan fingerprint density at radius 1 is 1.25 bits per heavy atom. The number of hydrogen-bond acceptors (Lipinski definition) is 4. The maximum absolute atomic E-state index is 12.0. The second-order valence-corrected chi connectivity index (χ2v) is 4.67. The van der Waals surface area contributed by atoms with Gasteiger partial charge in [0, 0.05) is 39.3 Å². The zero-order valence-corrected chi connectivity index (χ0v) is 11.6. The lowest BCUT2D eigenvalue weighted by Gasteiger charge is -2.34. The molecule has 108 valence electrons. The van der Waals surface area contributed by atoms with Crippen molar-refractivity contribution in [1.29, 1.82) is 0 Å². The smallest absolute Gasteiger partial charge is 0.226 e. The molecule has 1 fully saturated rings. The summed E-state index contributed by atoms with van der Waals surface area (Å²) in [6, 6.07) is 3.60. The van der Waals surface area contributed by atoms with E-state index in [2.05, 4.69) is 4.98 Å². The topological polar surface area (TPSA) is 62.7 Å². The molecule has 2 heterocycles. The third-order valence-electron chi connectivity index (χ3n) is 3.30. The summed E-state index contributed by atoms with van der Waals surface area (Å²) < 4.78 is 5.45. The molecule has 0 saturated carbocycles. The van der Waals surface area contributed by atoms with E-state index in [-0.39, 0.29) is 11.8 Å². The zero-order chi connectivity index (χ0) is 14.4. The van der Waals surface area contributed by atoms with E-state index in [1.165, 1.54) is 0 Å². The van der Waals surface area contributed by atoms with Gasteiger partial charge in [0.25, 0.3) is 0 Å². The van der Waals surface area contributed by atoms with Gasteiger partial charge in [-0.2, -0.15) is 0 Å². The number of amides is 2. The van der Waals surface area contributed by atoms with Crippen LogP contribution in [0.5, 0.6) is 5.75 Å². The Morgan fingerprint density at radius 3 is 2.55 bits per heavy atom. The predicted octanol–water partition coefficient (Wildman–Crippen LogP) is 0.541. The largest absolute Gasteiger partial charge is 0.491 e. The van der Waals surface area contributed by atoms with Crippen LogP contribution in [0.1, 0.15) is 13.3 Å². The second kappa shape index (κ2) is 6.88. The highest BCUT2D eigenvalue weighted by atomic mass is 16.5. The van der Waals surface area contributed by atoms with Gasteiger partial charge in [-0.1, -0.05) is 0 Å². The molecular weight excluding hydrogens is 258 g/mol. The van der Waals surface area contributed by atoms with Crippen LogP contribution in [0.3, 0.4) is 0 Å². The summed E-state index contributed by atoms with van der Waals surface area (Å²) in [6.07, 6.45) is 3.64. The quantitative estimate of drug-likeness (QED) is 0.806. The Labute approximate surface area is 118 Å². The highest BCUT2D eigenvalue weighted by molar-refractivity contribution is 5.77. The Hall–Kier alpha value is -2.11. The van der Waals surface area contributed by atoms with Crippen LogP contribution in [0.25, 0.3) is 0 Å². The van der Waals surface area contributed by atoms with Gasteiger partial charge in [-0.15, -0.1) is 0 Å². The first-order chi connectivity index (χ1) is 9.66. The van der Waals surface area contributed by atoms with Crippen LogP contribution in [0.15, 0.2) is 24.5 Å². The summed E-state index contributed by atoms with van der Waals surface area (Å²) >= 11 is 0. The monoisotopic (exact) mass is 277 g/mol. The van der Waals surface area contributed by atoms with Gasteiger partial charge in [-0.05, 0) is 12.1 Å². The fourth-order valence-corrected chi connectivity index (χ4v) is 2.12. The third kappa shape index (κ3) is 3.94. The normalized spacial score (nSPS) is 15.1. The molecule has 0 bridgehead atoms. The number of aromatic nitrogens is 1. The molecule has 1 aromatic heterocycles. The average molecular weight is 277 g/mol. The van der Waals surface area contributed by atoms with Crippen LogP contribution < -0.4 is 4.74 Å². The number of carbonyl (C=O) groups is 2. The van der Waals surface area contributed by atoms with E-state index in [1.807, 2.05) is 6.07 Å². The van der Waals surface area contributed by atoms with Crippen molar-refractivity contribution in [1.82, 2.24) is 14.8 Å². The maximum Gasteiger partial charge on any atom is 0.226 e. The molecule has 2 amide bonds. The van der Waals surface area contributed by atoms with Crippen molar-refractivity contribution in [3.05, 3.63) is 24.5 Å². The minimum atomic E-state index is 0.0667. The van der Waals surface area contributed by atoms with E-state index in [0.717, 1.165) is 0 Å². The van der Waals surface area contributed by atoms with Gasteiger partial charge in [-0.25, -0.2) is 0 Å². The molecule has 0 unspecified atom stereocenters. The van der Waals surface area contributed by atoms with Gasteiger partial charge in [0.2, 0.25) is 11.8 Å². The number of pyridine rings is 1. The summed E-state index contributed by atoms with van der Waals surface area (Å²) in [4.78, 5) is 30.7. The first kappa shape index (κ1) is 14.3. The summed E-state index contributed by atoms with van der Waals surface area (Å²) in [6.45, 7) is 4.34. The standard InChI is InChI=1S/C14H19N3O3/c1-12(18)16-6-8-17(9-7-16)14(19)4-10-20-13-3-2-5-15-11-13/h2-3,5,11H,4,6-10H2,1H3. The van der Waals surface area contributed by atoms with Crippen molar-refractivity contribution in [3.8, 4) is 5.75 Å². The Kier molecular flexibility index (Phi) is 4.92. The van der Waals surface area contributed by atoms with Crippen molar-refractivity contribution in [2.75, 3.05) is 32.8 Å². The molecule has 0 atom stereocenters. The van der Waals surface area contributed by atoms with Gasteiger partial charge >= 0.3 is 0 Å². The van der Waals surface area contributed by atoms with Gasteiger partial charge in [0.05, 0.1) is 19.2 Å². The van der Waals surface area contributed by atoms with Gasteiger partial charge in [0.1, 0.15) is 5.75 Å². The zero-order valence-electron chi connectivity index (χ0n) is 11.6. The van der Waals surface area contributed by atoms with E-state index in [0.29, 0.717) is 45.0 Å². The third-order valence-corrected chi connectivity index (χ3v) is 3.30. The van der Waals surface area contributed by atoms with E-state index in [1.54, 1.807) is 35.2 Å². The fraction of sp³-hybridized carbons (Fsp3) is 0.500. The van der Waals surface area contributed by atoms with Crippen LogP contribution in [0, 0.1) is 0 Å². The van der Waals surface area contributed by atoms with Crippen molar-refractivity contribution >= 4 is 11.8 Å². The number of piperazine rings is 1. The molecule has 0 radical (unpaired) electrons. The lowest BCUT2D eigenvalue weighted by molar-refractivity contribution is -0.138. The Bertz CT molecular complexity index is 456. The molecule has 20 heavy (non-hydrogen) atoms. The molecule has 0 aromatic carbocycles. The van der Waals surface area contributed by atoms with Crippen molar-refractivity contribution in [3.63, 3.8) is 0 Å². The van der Waals surface area contributed by atoms with Gasteiger partial charge < -0.3 is 14.5 Å². The Morgan fingerprint density at radius 2 is 1.95 bits per heavy atom. The second-order valence-electron chi connectivity index (χ2n) is 4.67. The first-order valence-electron chi connectivity index (χ1n) is 6.73. The average Bonchev–Trinajstić information content (AvgIpc) is 2.48. The molecule has 2 rings (SSSR count). The van der Waals surface area contributed by atoms with Crippen LogP contribution in [-0.4, -0.2) is 59.4 Å². The Balaban J connectivity index is 1.69. The van der Waals surface area contributed by atoms with Crippen LogP contribution in [0.4, 0.5) is 0 Å². The fourth-order valence-electron chi connectivity index (χ4n) is 2.12. The lowest BCUT2D eigenvalue weighted by atomic mass is 10.3. The number of hydrogen-bond donors (Lipinski definition) is 0. The SMILES string of the molecule is CC(=O)N1CCN(C(=O)CCOc2cccnc2)CC1. The lowest BCUT2D eigenvalue weighted by Crippen LogP contribution is -2.50. The molecule has 0 aliphatic carbocycles. The molecule has 6 nitrogen and oxygen atoms in total. The van der Waals surface area contributed by atoms with E-state index in [4.69, 9.17) is 4.74 Å². The first-order valence-corrected chi connectivity index (χ1v) is 6.73. The molecule has 6 heteroatoms. The summed E-state index contributed by atoms with van der Waals surface area (Å²) in [5.74, 6) is 0.802. The van der Waals surface area contributed by atoms with Crippen LogP contribution in [0.2, 0.25) is 0 Å². The minimum Gasteiger partial charge on any atom is -0.491 e. The van der Waals surface area contributed by atoms with E-state index in [9.17, 15) is 9.59 Å². The molecule has 0 N–H and O–H groups in total. The minimum absolute atomic E-state index is 0.0667. The molecule has 1 saturated heterocycles. The molecular formula is C14H19N3O3. The van der Waals surface area contributed by atoms with Gasteiger partial charge in [-0.3, -0.25) is 14.6 Å². The summed E-state index contributed by atoms with van der Waals surface area (Å²) in [5, 5.41) is 0. The number of nitrogens with zero attached hydrogens (tertiary/aromatic N) is 3. The van der Waals surface area contributed by atoms with Crippen LogP contribution in [-0.2, 0) is 9.59 Å². The van der Waals surface area contributed by atoms with E-state index >= 15 is 0 Å². The number of carbonyl (C=O) groups excluding carboxylic acids is 2. The maximum atomic E-state index is 12.0. The predicted molar refractivity (Wildman–Crippen MR) is 73.2 cm³/mol. The molecule has 0 spiro atoms. The van der Waals surface area contributed by atoms with Gasteiger partial charge in [0.15, 0.2) is 0 Å². The van der Waals surface area contributed by atoms with Crippen LogP contribution >= 0.6 is 0 Å².